The third kappa shape index (κ3) is 4.71. The Morgan fingerprint density at radius 2 is 1.71 bits per heavy atom. The number of hydrogen-bond acceptors (Lipinski definition) is 1. The van der Waals surface area contributed by atoms with Gasteiger partial charge in [-0.25, -0.2) is 0 Å². The molecule has 0 bridgehead atoms. The Balaban J connectivity index is 2.11. The molecule has 2 nitrogen and oxygen atoms in total. The first-order valence-electron chi connectivity index (χ1n) is 7.61. The zero-order valence-corrected chi connectivity index (χ0v) is 14.3. The Morgan fingerprint density at radius 3 is 2.29 bits per heavy atom. The van der Waals surface area contributed by atoms with E-state index in [4.69, 9.17) is 12.2 Å². The Kier molecular flexibility index (Phi) is 5.83. The maximum atomic E-state index is 13.0. The summed E-state index contributed by atoms with van der Waals surface area (Å²) >= 11 is 5.20. The molecule has 0 aliphatic carbocycles. The number of nitrogens with one attached hydrogen (secondary N) is 2. The van der Waals surface area contributed by atoms with Gasteiger partial charge in [-0.3, -0.25) is 0 Å². The molecule has 0 saturated heterocycles. The Labute approximate surface area is 145 Å². The number of halogens is 3. The summed E-state index contributed by atoms with van der Waals surface area (Å²) in [5.74, 6) is 0. The molecule has 1 atom stereocenters. The molecule has 0 heterocycles. The van der Waals surface area contributed by atoms with Crippen molar-refractivity contribution in [1.29, 1.82) is 0 Å². The summed E-state index contributed by atoms with van der Waals surface area (Å²) in [6, 6.07) is 13.2. The van der Waals surface area contributed by atoms with Crippen LogP contribution in [0.1, 0.15) is 36.1 Å². The minimum Gasteiger partial charge on any atom is -0.356 e. The normalized spacial score (nSPS) is 12.5. The monoisotopic (exact) mass is 352 g/mol. The van der Waals surface area contributed by atoms with Crippen molar-refractivity contribution >= 4 is 23.0 Å². The van der Waals surface area contributed by atoms with Gasteiger partial charge in [-0.15, -0.1) is 0 Å². The van der Waals surface area contributed by atoms with Crippen molar-refractivity contribution < 1.29 is 13.2 Å². The Hall–Kier alpha value is -2.08. The van der Waals surface area contributed by atoms with Crippen molar-refractivity contribution in [2.24, 2.45) is 0 Å². The zero-order chi connectivity index (χ0) is 17.7. The van der Waals surface area contributed by atoms with Crippen LogP contribution in [0, 0.1) is 6.92 Å². The Bertz CT molecular complexity index is 696. The van der Waals surface area contributed by atoms with Gasteiger partial charge in [0.15, 0.2) is 5.11 Å². The molecule has 0 amide bonds. The molecular weight excluding hydrogens is 333 g/mol. The summed E-state index contributed by atoms with van der Waals surface area (Å²) in [6.07, 6.45) is -3.67. The summed E-state index contributed by atoms with van der Waals surface area (Å²) in [6.45, 7) is 3.99. The van der Waals surface area contributed by atoms with Crippen molar-refractivity contribution in [1.82, 2.24) is 5.32 Å². The lowest BCUT2D eigenvalue weighted by molar-refractivity contribution is -0.136. The predicted octanol–water partition coefficient (Wildman–Crippen LogP) is 5.45. The maximum absolute atomic E-state index is 13.0. The van der Waals surface area contributed by atoms with E-state index in [2.05, 4.69) is 10.6 Å². The number of benzene rings is 2. The number of anilines is 1. The number of aryl methyl sites for hydroxylation is 1. The SMILES string of the molecule is CCC(NC(=S)Nc1ccccc1C(F)(F)F)c1ccc(C)cc1. The third-order valence-corrected chi connectivity index (χ3v) is 3.89. The molecule has 2 aromatic rings. The standard InChI is InChI=1S/C18H19F3N2S/c1-3-15(13-10-8-12(2)9-11-13)22-17(24)23-16-7-5-4-6-14(16)18(19,20)21/h4-11,15H,3H2,1-2H3,(H2,22,23,24). The molecule has 0 aromatic heterocycles. The van der Waals surface area contributed by atoms with Gasteiger partial charge < -0.3 is 10.6 Å². The van der Waals surface area contributed by atoms with E-state index in [1.165, 1.54) is 18.2 Å². The number of alkyl halides is 3. The molecule has 128 valence electrons. The minimum absolute atomic E-state index is 0.0544. The van der Waals surface area contributed by atoms with Crippen molar-refractivity contribution in [2.45, 2.75) is 32.5 Å². The average Bonchev–Trinajstić information content (AvgIpc) is 2.53. The maximum Gasteiger partial charge on any atom is 0.418 e. The van der Waals surface area contributed by atoms with Crippen LogP contribution < -0.4 is 10.6 Å². The van der Waals surface area contributed by atoms with E-state index in [-0.39, 0.29) is 16.8 Å². The highest BCUT2D eigenvalue weighted by atomic mass is 32.1. The highest BCUT2D eigenvalue weighted by Crippen LogP contribution is 2.34. The molecular formula is C18H19F3N2S. The quantitative estimate of drug-likeness (QED) is 0.715. The number of rotatable bonds is 4. The molecule has 0 radical (unpaired) electrons. The minimum atomic E-state index is -4.43. The van der Waals surface area contributed by atoms with Crippen molar-refractivity contribution in [3.8, 4) is 0 Å². The van der Waals surface area contributed by atoms with E-state index >= 15 is 0 Å². The Morgan fingerprint density at radius 1 is 1.08 bits per heavy atom. The van der Waals surface area contributed by atoms with Gasteiger partial charge in [0.05, 0.1) is 17.3 Å². The fourth-order valence-corrected chi connectivity index (χ4v) is 2.63. The van der Waals surface area contributed by atoms with Crippen molar-refractivity contribution in [2.75, 3.05) is 5.32 Å². The molecule has 0 fully saturated rings. The molecule has 0 saturated carbocycles. The van der Waals surface area contributed by atoms with Gasteiger partial charge in [0.2, 0.25) is 0 Å². The molecule has 24 heavy (non-hydrogen) atoms. The second-order valence-corrected chi connectivity index (χ2v) is 5.92. The summed E-state index contributed by atoms with van der Waals surface area (Å²) in [4.78, 5) is 0. The lowest BCUT2D eigenvalue weighted by atomic mass is 10.0. The average molecular weight is 352 g/mol. The van der Waals surface area contributed by atoms with Gasteiger partial charge in [-0.2, -0.15) is 13.2 Å². The topological polar surface area (TPSA) is 24.1 Å². The summed E-state index contributed by atoms with van der Waals surface area (Å²) < 4.78 is 39.1. The highest BCUT2D eigenvalue weighted by molar-refractivity contribution is 7.80. The lowest BCUT2D eigenvalue weighted by Crippen LogP contribution is -2.32. The van der Waals surface area contributed by atoms with Crippen LogP contribution >= 0.6 is 12.2 Å². The second kappa shape index (κ2) is 7.66. The van der Waals surface area contributed by atoms with E-state index < -0.39 is 11.7 Å². The summed E-state index contributed by atoms with van der Waals surface area (Å²) in [5.41, 5.74) is 1.39. The van der Waals surface area contributed by atoms with Crippen molar-refractivity contribution in [3.63, 3.8) is 0 Å². The fourth-order valence-electron chi connectivity index (χ4n) is 2.38. The van der Waals surface area contributed by atoms with Crippen LogP contribution in [0.4, 0.5) is 18.9 Å². The number of thiocarbonyl (C=S) groups is 1. The van der Waals surface area contributed by atoms with E-state index in [1.807, 2.05) is 38.1 Å². The van der Waals surface area contributed by atoms with E-state index in [9.17, 15) is 13.2 Å². The first kappa shape index (κ1) is 18.3. The molecule has 0 spiro atoms. The molecule has 6 heteroatoms. The summed E-state index contributed by atoms with van der Waals surface area (Å²) in [7, 11) is 0. The van der Waals surface area contributed by atoms with E-state index in [0.29, 0.717) is 0 Å². The van der Waals surface area contributed by atoms with Crippen LogP contribution in [-0.2, 0) is 6.18 Å². The molecule has 0 aliphatic heterocycles. The van der Waals surface area contributed by atoms with Crippen molar-refractivity contribution in [3.05, 3.63) is 65.2 Å². The number of para-hydroxylation sites is 1. The van der Waals surface area contributed by atoms with Crippen LogP contribution in [-0.4, -0.2) is 5.11 Å². The van der Waals surface area contributed by atoms with Gasteiger partial charge in [-0.05, 0) is 43.3 Å². The van der Waals surface area contributed by atoms with Crippen LogP contribution in [0.15, 0.2) is 48.5 Å². The smallest absolute Gasteiger partial charge is 0.356 e. The molecule has 0 aliphatic rings. The van der Waals surface area contributed by atoms with Crippen LogP contribution in [0.3, 0.4) is 0 Å². The van der Waals surface area contributed by atoms with Gasteiger partial charge >= 0.3 is 6.18 Å². The van der Waals surface area contributed by atoms with E-state index in [1.54, 1.807) is 0 Å². The van der Waals surface area contributed by atoms with Crippen LogP contribution in [0.5, 0.6) is 0 Å². The molecule has 1 unspecified atom stereocenters. The number of hydrogen-bond donors (Lipinski definition) is 2. The molecule has 2 N–H and O–H groups in total. The van der Waals surface area contributed by atoms with Gasteiger partial charge in [0, 0.05) is 0 Å². The summed E-state index contributed by atoms with van der Waals surface area (Å²) in [5, 5.41) is 5.91. The largest absolute Gasteiger partial charge is 0.418 e. The second-order valence-electron chi connectivity index (χ2n) is 5.51. The van der Waals surface area contributed by atoms with Crippen LogP contribution in [0.25, 0.3) is 0 Å². The van der Waals surface area contributed by atoms with Gasteiger partial charge in [-0.1, -0.05) is 48.9 Å². The predicted molar refractivity (Wildman–Crippen MR) is 95.0 cm³/mol. The van der Waals surface area contributed by atoms with Crippen LogP contribution in [0.2, 0.25) is 0 Å². The zero-order valence-electron chi connectivity index (χ0n) is 13.4. The first-order chi connectivity index (χ1) is 11.3. The van der Waals surface area contributed by atoms with Gasteiger partial charge in [0.1, 0.15) is 0 Å². The fraction of sp³-hybridized carbons (Fsp3) is 0.278. The highest BCUT2D eigenvalue weighted by Gasteiger charge is 2.33. The van der Waals surface area contributed by atoms with E-state index in [0.717, 1.165) is 23.6 Å². The lowest BCUT2D eigenvalue weighted by Gasteiger charge is -2.21. The molecule has 2 rings (SSSR count). The third-order valence-electron chi connectivity index (χ3n) is 3.67. The molecule has 2 aromatic carbocycles. The first-order valence-corrected chi connectivity index (χ1v) is 8.02. The van der Waals surface area contributed by atoms with Gasteiger partial charge in [0.25, 0.3) is 0 Å².